The lowest BCUT2D eigenvalue weighted by Gasteiger charge is -2.37. The summed E-state index contributed by atoms with van der Waals surface area (Å²) in [5.74, 6) is 0. The summed E-state index contributed by atoms with van der Waals surface area (Å²) in [5.41, 5.74) is 3.16. The molecule has 1 fully saturated rings. The molecule has 1 nitrogen and oxygen atoms in total. The Kier molecular flexibility index (Phi) is 3.34. The summed E-state index contributed by atoms with van der Waals surface area (Å²) in [6.07, 6.45) is 5.15. The lowest BCUT2D eigenvalue weighted by Crippen LogP contribution is -2.50. The summed E-state index contributed by atoms with van der Waals surface area (Å²) in [5, 5.41) is 3.76. The van der Waals surface area contributed by atoms with E-state index in [1.54, 1.807) is 0 Å². The molecule has 0 amide bonds. The molecule has 1 aromatic carbocycles. The number of hydrogen-bond donors (Lipinski definition) is 1. The zero-order valence-corrected chi connectivity index (χ0v) is 10.7. The normalized spacial score (nSPS) is 24.3. The number of hydrogen-bond acceptors (Lipinski definition) is 1. The van der Waals surface area contributed by atoms with Crippen molar-refractivity contribution < 1.29 is 0 Å². The Balaban J connectivity index is 1.99. The zero-order chi connectivity index (χ0) is 11.6. The maximum absolute atomic E-state index is 3.76. The van der Waals surface area contributed by atoms with Crippen LogP contribution in [0.15, 0.2) is 24.3 Å². The molecule has 16 heavy (non-hydrogen) atoms. The minimum absolute atomic E-state index is 0.326. The Hall–Kier alpha value is -0.820. The van der Waals surface area contributed by atoms with E-state index in [2.05, 4.69) is 50.4 Å². The molecule has 88 valence electrons. The van der Waals surface area contributed by atoms with Crippen molar-refractivity contribution in [2.24, 2.45) is 0 Å². The topological polar surface area (TPSA) is 12.0 Å². The first-order valence-electron chi connectivity index (χ1n) is 6.38. The van der Waals surface area contributed by atoms with Crippen molar-refractivity contribution in [2.45, 2.75) is 58.0 Å². The first-order chi connectivity index (χ1) is 7.55. The van der Waals surface area contributed by atoms with Gasteiger partial charge in [0.2, 0.25) is 0 Å². The molecule has 1 saturated heterocycles. The molecule has 1 aromatic rings. The Labute approximate surface area is 99.3 Å². The predicted molar refractivity (Wildman–Crippen MR) is 69.7 cm³/mol. The van der Waals surface area contributed by atoms with Gasteiger partial charge in [0.15, 0.2) is 0 Å². The van der Waals surface area contributed by atoms with Crippen LogP contribution in [0.25, 0.3) is 0 Å². The largest absolute Gasteiger partial charge is 0.309 e. The summed E-state index contributed by atoms with van der Waals surface area (Å²) in [6.45, 7) is 6.80. The lowest BCUT2D eigenvalue weighted by molar-refractivity contribution is 0.242. The molecule has 1 N–H and O–H groups in total. The van der Waals surface area contributed by atoms with E-state index in [9.17, 15) is 0 Å². The summed E-state index contributed by atoms with van der Waals surface area (Å²) < 4.78 is 0. The van der Waals surface area contributed by atoms with E-state index in [4.69, 9.17) is 0 Å². The number of rotatable bonds is 2. The van der Waals surface area contributed by atoms with Crippen LogP contribution in [-0.4, -0.2) is 11.6 Å². The van der Waals surface area contributed by atoms with E-state index in [0.29, 0.717) is 11.6 Å². The minimum atomic E-state index is 0.326. The van der Waals surface area contributed by atoms with Gasteiger partial charge >= 0.3 is 0 Å². The lowest BCUT2D eigenvalue weighted by atomic mass is 9.87. The van der Waals surface area contributed by atoms with Crippen LogP contribution < -0.4 is 5.32 Å². The van der Waals surface area contributed by atoms with Gasteiger partial charge in [-0.05, 0) is 45.6 Å². The van der Waals surface area contributed by atoms with Crippen LogP contribution in [0.1, 0.15) is 44.2 Å². The molecule has 0 aromatic heterocycles. The molecular weight excluding hydrogens is 194 g/mol. The third kappa shape index (κ3) is 3.08. The van der Waals surface area contributed by atoms with E-state index in [1.165, 1.54) is 36.8 Å². The highest BCUT2D eigenvalue weighted by molar-refractivity contribution is 5.23. The molecule has 0 spiro atoms. The Morgan fingerprint density at radius 2 is 2.19 bits per heavy atom. The summed E-state index contributed by atoms with van der Waals surface area (Å²) >= 11 is 0. The van der Waals surface area contributed by atoms with E-state index < -0.39 is 0 Å². The first kappa shape index (κ1) is 11.7. The molecule has 1 aliphatic heterocycles. The van der Waals surface area contributed by atoms with Gasteiger partial charge in [0.1, 0.15) is 0 Å². The molecule has 2 rings (SSSR count). The van der Waals surface area contributed by atoms with Crippen molar-refractivity contribution in [1.82, 2.24) is 5.32 Å². The van der Waals surface area contributed by atoms with Crippen molar-refractivity contribution in [3.63, 3.8) is 0 Å². The van der Waals surface area contributed by atoms with Gasteiger partial charge in [0, 0.05) is 11.6 Å². The van der Waals surface area contributed by atoms with Crippen LogP contribution in [0.3, 0.4) is 0 Å². The first-order valence-corrected chi connectivity index (χ1v) is 6.38. The van der Waals surface area contributed by atoms with Crippen molar-refractivity contribution in [3.05, 3.63) is 35.4 Å². The second kappa shape index (κ2) is 4.58. The number of nitrogens with one attached hydrogen (secondary N) is 1. The van der Waals surface area contributed by atoms with Crippen LogP contribution in [0.5, 0.6) is 0 Å². The van der Waals surface area contributed by atoms with Gasteiger partial charge in [-0.3, -0.25) is 0 Å². The Bertz CT molecular complexity index is 354. The Morgan fingerprint density at radius 3 is 2.88 bits per heavy atom. The molecule has 1 aliphatic rings. The highest BCUT2D eigenvalue weighted by Crippen LogP contribution is 2.23. The van der Waals surface area contributed by atoms with E-state index >= 15 is 0 Å². The standard InChI is InChI=1S/C15H23N/c1-12-6-4-7-13(10-12)11-14-8-5-9-15(2,3)16-14/h4,6-7,10,14,16H,5,8-9,11H2,1-3H3/t14-/m1/s1. The molecule has 1 atom stereocenters. The average molecular weight is 217 g/mol. The van der Waals surface area contributed by atoms with Crippen LogP contribution >= 0.6 is 0 Å². The number of aryl methyl sites for hydroxylation is 1. The molecule has 0 aliphatic carbocycles. The summed E-state index contributed by atoms with van der Waals surface area (Å²) in [4.78, 5) is 0. The number of piperidine rings is 1. The fourth-order valence-electron chi connectivity index (χ4n) is 2.76. The van der Waals surface area contributed by atoms with Crippen LogP contribution in [0.4, 0.5) is 0 Å². The maximum atomic E-state index is 3.76. The SMILES string of the molecule is Cc1cccc(C[C@H]2CCCC(C)(C)N2)c1. The molecule has 0 radical (unpaired) electrons. The molecule has 1 heterocycles. The fourth-order valence-corrected chi connectivity index (χ4v) is 2.76. The van der Waals surface area contributed by atoms with Gasteiger partial charge in [-0.15, -0.1) is 0 Å². The molecule has 0 saturated carbocycles. The highest BCUT2D eigenvalue weighted by Gasteiger charge is 2.26. The van der Waals surface area contributed by atoms with Crippen molar-refractivity contribution in [1.29, 1.82) is 0 Å². The third-order valence-corrected chi connectivity index (χ3v) is 3.51. The van der Waals surface area contributed by atoms with E-state index in [1.807, 2.05) is 0 Å². The maximum Gasteiger partial charge on any atom is 0.0127 e. The fraction of sp³-hybridized carbons (Fsp3) is 0.600. The summed E-state index contributed by atoms with van der Waals surface area (Å²) in [7, 11) is 0. The van der Waals surface area contributed by atoms with Crippen LogP contribution in [0, 0.1) is 6.92 Å². The molecular formula is C15H23N. The van der Waals surface area contributed by atoms with E-state index in [0.717, 1.165) is 0 Å². The average Bonchev–Trinajstić information content (AvgIpc) is 2.15. The monoisotopic (exact) mass is 217 g/mol. The van der Waals surface area contributed by atoms with Crippen LogP contribution in [-0.2, 0) is 6.42 Å². The van der Waals surface area contributed by atoms with Gasteiger partial charge in [0.05, 0.1) is 0 Å². The van der Waals surface area contributed by atoms with E-state index in [-0.39, 0.29) is 0 Å². The minimum Gasteiger partial charge on any atom is -0.309 e. The molecule has 0 bridgehead atoms. The zero-order valence-electron chi connectivity index (χ0n) is 10.7. The van der Waals surface area contributed by atoms with Gasteiger partial charge in [-0.25, -0.2) is 0 Å². The highest BCUT2D eigenvalue weighted by atomic mass is 15.0. The second-order valence-electron chi connectivity index (χ2n) is 5.81. The van der Waals surface area contributed by atoms with Crippen LogP contribution in [0.2, 0.25) is 0 Å². The van der Waals surface area contributed by atoms with Gasteiger partial charge in [0.25, 0.3) is 0 Å². The van der Waals surface area contributed by atoms with Crippen molar-refractivity contribution in [3.8, 4) is 0 Å². The summed E-state index contributed by atoms with van der Waals surface area (Å²) in [6, 6.07) is 9.55. The smallest absolute Gasteiger partial charge is 0.0127 e. The van der Waals surface area contributed by atoms with Gasteiger partial charge in [-0.1, -0.05) is 36.2 Å². The third-order valence-electron chi connectivity index (χ3n) is 3.51. The molecule has 0 unspecified atom stereocenters. The van der Waals surface area contributed by atoms with Gasteiger partial charge < -0.3 is 5.32 Å². The number of benzene rings is 1. The van der Waals surface area contributed by atoms with Gasteiger partial charge in [-0.2, -0.15) is 0 Å². The van der Waals surface area contributed by atoms with Crippen molar-refractivity contribution in [2.75, 3.05) is 0 Å². The molecule has 1 heteroatoms. The van der Waals surface area contributed by atoms with Crippen molar-refractivity contribution >= 4 is 0 Å². The Morgan fingerprint density at radius 1 is 1.38 bits per heavy atom. The predicted octanol–water partition coefficient (Wildman–Crippen LogP) is 3.46. The quantitative estimate of drug-likeness (QED) is 0.800. The second-order valence-corrected chi connectivity index (χ2v) is 5.81.